The van der Waals surface area contributed by atoms with Crippen molar-refractivity contribution in [2.75, 3.05) is 20.1 Å². The van der Waals surface area contributed by atoms with Crippen LogP contribution in [-0.2, 0) is 7.05 Å². The Kier molecular flexibility index (Phi) is 4.07. The van der Waals surface area contributed by atoms with Crippen LogP contribution in [-0.4, -0.2) is 57.7 Å². The summed E-state index contributed by atoms with van der Waals surface area (Å²) in [4.78, 5) is 30.0. The number of fused-ring (bicyclic) bond motifs is 1. The quantitative estimate of drug-likeness (QED) is 0.834. The third-order valence-electron chi connectivity index (χ3n) is 5.74. The van der Waals surface area contributed by atoms with Gasteiger partial charge in [0.2, 0.25) is 0 Å². The molecule has 0 saturated carbocycles. The maximum atomic E-state index is 13.3. The van der Waals surface area contributed by atoms with Crippen LogP contribution in [0.5, 0.6) is 0 Å². The summed E-state index contributed by atoms with van der Waals surface area (Å²) < 4.78 is 1.28. The molecular weight excluding hydrogens is 316 g/mol. The standard InChI is InChI=1S/C19H24N4O2/c1-21-11-5-9-15(21)16-10-6-12-23(16)19(25)17-13-7-3-4-8-14(13)18(24)22(2)20-17/h3-4,7-8,15-16H,5-6,9-12H2,1-2H3/t15-,16-/m1/s1. The van der Waals surface area contributed by atoms with E-state index >= 15 is 0 Å². The van der Waals surface area contributed by atoms with Gasteiger partial charge in [0, 0.05) is 31.1 Å². The Labute approximate surface area is 147 Å². The van der Waals surface area contributed by atoms with E-state index < -0.39 is 0 Å². The zero-order valence-electron chi connectivity index (χ0n) is 14.8. The fraction of sp³-hybridized carbons (Fsp3) is 0.526. The number of likely N-dealkylation sites (tertiary alicyclic amines) is 2. The van der Waals surface area contributed by atoms with Crippen LogP contribution in [0.25, 0.3) is 10.8 Å². The highest BCUT2D eigenvalue weighted by Crippen LogP contribution is 2.30. The van der Waals surface area contributed by atoms with Gasteiger partial charge in [-0.2, -0.15) is 5.10 Å². The Hall–Kier alpha value is -2.21. The van der Waals surface area contributed by atoms with Gasteiger partial charge in [-0.3, -0.25) is 9.59 Å². The highest BCUT2D eigenvalue weighted by Gasteiger charge is 2.39. The monoisotopic (exact) mass is 340 g/mol. The Bertz CT molecular complexity index is 875. The summed E-state index contributed by atoms with van der Waals surface area (Å²) in [5, 5.41) is 5.53. The van der Waals surface area contributed by atoms with Gasteiger partial charge in [-0.15, -0.1) is 0 Å². The lowest BCUT2D eigenvalue weighted by molar-refractivity contribution is 0.0658. The maximum Gasteiger partial charge on any atom is 0.275 e. The molecule has 2 aliphatic rings. The molecule has 2 fully saturated rings. The topological polar surface area (TPSA) is 58.4 Å². The number of aromatic nitrogens is 2. The van der Waals surface area contributed by atoms with Crippen molar-refractivity contribution in [3.05, 3.63) is 40.3 Å². The summed E-state index contributed by atoms with van der Waals surface area (Å²) in [6, 6.07) is 7.95. The fourth-order valence-corrected chi connectivity index (χ4v) is 4.46. The van der Waals surface area contributed by atoms with Crippen LogP contribution in [0.2, 0.25) is 0 Å². The number of hydrogen-bond acceptors (Lipinski definition) is 4. The zero-order valence-corrected chi connectivity index (χ0v) is 14.8. The molecule has 6 heteroatoms. The van der Waals surface area contributed by atoms with Gasteiger partial charge in [0.25, 0.3) is 11.5 Å². The predicted octanol–water partition coefficient (Wildman–Crippen LogP) is 1.63. The molecule has 2 atom stereocenters. The van der Waals surface area contributed by atoms with Crippen molar-refractivity contribution < 1.29 is 4.79 Å². The van der Waals surface area contributed by atoms with E-state index in [0.29, 0.717) is 22.5 Å². The molecule has 6 nitrogen and oxygen atoms in total. The van der Waals surface area contributed by atoms with Crippen molar-refractivity contribution in [2.24, 2.45) is 7.05 Å². The van der Waals surface area contributed by atoms with Crippen molar-refractivity contribution in [3.8, 4) is 0 Å². The average Bonchev–Trinajstić information content (AvgIpc) is 3.26. The van der Waals surface area contributed by atoms with Gasteiger partial charge in [0.05, 0.1) is 5.39 Å². The van der Waals surface area contributed by atoms with Crippen LogP contribution in [0.3, 0.4) is 0 Å². The molecule has 132 valence electrons. The van der Waals surface area contributed by atoms with Crippen molar-refractivity contribution in [1.82, 2.24) is 19.6 Å². The molecule has 0 bridgehead atoms. The Morgan fingerprint density at radius 3 is 2.44 bits per heavy atom. The predicted molar refractivity (Wildman–Crippen MR) is 96.7 cm³/mol. The normalized spacial score (nSPS) is 24.3. The second-order valence-corrected chi connectivity index (χ2v) is 7.22. The molecule has 2 saturated heterocycles. The molecule has 1 amide bonds. The van der Waals surface area contributed by atoms with Crippen LogP contribution < -0.4 is 5.56 Å². The van der Waals surface area contributed by atoms with Gasteiger partial charge in [-0.25, -0.2) is 4.68 Å². The van der Waals surface area contributed by atoms with E-state index in [0.717, 1.165) is 32.4 Å². The first kappa shape index (κ1) is 16.3. The number of aryl methyl sites for hydroxylation is 1. The second kappa shape index (κ2) is 6.26. The third kappa shape index (κ3) is 2.65. The number of rotatable bonds is 2. The lowest BCUT2D eigenvalue weighted by Gasteiger charge is -2.33. The molecule has 25 heavy (non-hydrogen) atoms. The first-order valence-corrected chi connectivity index (χ1v) is 9.05. The first-order valence-electron chi connectivity index (χ1n) is 9.05. The summed E-state index contributed by atoms with van der Waals surface area (Å²) in [5.41, 5.74) is 0.228. The van der Waals surface area contributed by atoms with Crippen LogP contribution in [0, 0.1) is 0 Å². The molecule has 0 unspecified atom stereocenters. The smallest absolute Gasteiger partial charge is 0.275 e. The van der Waals surface area contributed by atoms with Crippen molar-refractivity contribution >= 4 is 16.7 Å². The molecule has 0 N–H and O–H groups in total. The van der Waals surface area contributed by atoms with Crippen molar-refractivity contribution in [3.63, 3.8) is 0 Å². The maximum absolute atomic E-state index is 13.3. The number of benzene rings is 1. The summed E-state index contributed by atoms with van der Waals surface area (Å²) >= 11 is 0. The molecule has 0 aliphatic carbocycles. The number of amides is 1. The molecule has 3 heterocycles. The van der Waals surface area contributed by atoms with E-state index in [1.54, 1.807) is 13.1 Å². The average molecular weight is 340 g/mol. The van der Waals surface area contributed by atoms with Gasteiger partial charge in [-0.05, 0) is 45.3 Å². The summed E-state index contributed by atoms with van der Waals surface area (Å²) in [7, 11) is 3.76. The zero-order chi connectivity index (χ0) is 17.6. The number of nitrogens with zero attached hydrogens (tertiary/aromatic N) is 4. The molecule has 0 spiro atoms. The third-order valence-corrected chi connectivity index (χ3v) is 5.74. The molecule has 1 aromatic carbocycles. The summed E-state index contributed by atoms with van der Waals surface area (Å²) in [6.07, 6.45) is 4.42. The van der Waals surface area contributed by atoms with Crippen LogP contribution in [0.15, 0.2) is 29.1 Å². The number of likely N-dealkylation sites (N-methyl/N-ethyl adjacent to an activating group) is 1. The van der Waals surface area contributed by atoms with Gasteiger partial charge in [-0.1, -0.05) is 18.2 Å². The van der Waals surface area contributed by atoms with Gasteiger partial charge in [0.1, 0.15) is 0 Å². The largest absolute Gasteiger partial charge is 0.333 e. The minimum absolute atomic E-state index is 0.0467. The fourth-order valence-electron chi connectivity index (χ4n) is 4.46. The molecule has 2 aromatic rings. The highest BCUT2D eigenvalue weighted by molar-refractivity contribution is 6.05. The number of hydrogen-bond donors (Lipinski definition) is 0. The van der Waals surface area contributed by atoms with Crippen molar-refractivity contribution in [2.45, 2.75) is 37.8 Å². The van der Waals surface area contributed by atoms with Gasteiger partial charge >= 0.3 is 0 Å². The number of carbonyl (C=O) groups is 1. The SMILES string of the molecule is CN1CCC[C@@H]1[C@H]1CCCN1C(=O)c1nn(C)c(=O)c2ccccc12. The Morgan fingerprint density at radius 2 is 1.72 bits per heavy atom. The van der Waals surface area contributed by atoms with E-state index in [1.807, 2.05) is 23.1 Å². The minimum Gasteiger partial charge on any atom is -0.333 e. The minimum atomic E-state index is -0.166. The van der Waals surface area contributed by atoms with Gasteiger partial charge < -0.3 is 9.80 Å². The summed E-state index contributed by atoms with van der Waals surface area (Å²) in [6.45, 7) is 1.87. The van der Waals surface area contributed by atoms with Crippen LogP contribution in [0.1, 0.15) is 36.2 Å². The lowest BCUT2D eigenvalue weighted by Crippen LogP contribution is -2.47. The van der Waals surface area contributed by atoms with Crippen LogP contribution >= 0.6 is 0 Å². The Morgan fingerprint density at radius 1 is 1.04 bits per heavy atom. The van der Waals surface area contributed by atoms with Crippen LogP contribution in [0.4, 0.5) is 0 Å². The van der Waals surface area contributed by atoms with Crippen molar-refractivity contribution in [1.29, 1.82) is 0 Å². The Balaban J connectivity index is 1.75. The molecule has 4 rings (SSSR count). The van der Waals surface area contributed by atoms with E-state index in [9.17, 15) is 9.59 Å². The highest BCUT2D eigenvalue weighted by atomic mass is 16.2. The van der Waals surface area contributed by atoms with E-state index in [2.05, 4.69) is 17.0 Å². The molecular formula is C19H24N4O2. The summed E-state index contributed by atoms with van der Waals surface area (Å²) in [5.74, 6) is -0.0467. The molecule has 2 aliphatic heterocycles. The molecule has 1 aromatic heterocycles. The molecule has 0 radical (unpaired) electrons. The number of carbonyl (C=O) groups excluding carboxylic acids is 1. The van der Waals surface area contributed by atoms with E-state index in [-0.39, 0.29) is 17.5 Å². The lowest BCUT2D eigenvalue weighted by atomic mass is 10.0. The van der Waals surface area contributed by atoms with Gasteiger partial charge in [0.15, 0.2) is 5.69 Å². The van der Waals surface area contributed by atoms with E-state index in [4.69, 9.17) is 0 Å². The second-order valence-electron chi connectivity index (χ2n) is 7.22. The van der Waals surface area contributed by atoms with E-state index in [1.165, 1.54) is 11.1 Å². The first-order chi connectivity index (χ1) is 12.1.